The van der Waals surface area contributed by atoms with Gasteiger partial charge in [0, 0.05) is 0 Å². The second-order valence-electron chi connectivity index (χ2n) is 6.29. The molecule has 0 aliphatic rings. The van der Waals surface area contributed by atoms with Crippen LogP contribution < -0.4 is 20.2 Å². The summed E-state index contributed by atoms with van der Waals surface area (Å²) in [7, 11) is 1.46. The molecule has 0 saturated carbocycles. The first-order valence-electron chi connectivity index (χ1n) is 9.32. The lowest BCUT2D eigenvalue weighted by molar-refractivity contribution is -0.136. The van der Waals surface area contributed by atoms with Crippen LogP contribution in [0.2, 0.25) is 5.02 Å². The fourth-order valence-corrected chi connectivity index (χ4v) is 2.77. The molecule has 3 aromatic rings. The van der Waals surface area contributed by atoms with Crippen molar-refractivity contribution in [1.82, 2.24) is 5.43 Å². The summed E-state index contributed by atoms with van der Waals surface area (Å²) >= 11 is 5.99. The standard InChI is InChI=1S/C23H18ClN3O5/c1-31-20-9-5-4-8-19(20)26-21(28)22(29)27-25-14-15-10-12-16(13-11-15)32-23(30)17-6-2-3-7-18(17)24/h2-14H,1H3,(H,26,28)(H,27,29). The van der Waals surface area contributed by atoms with Gasteiger partial charge in [0.05, 0.1) is 29.6 Å². The Bertz CT molecular complexity index is 1160. The van der Waals surface area contributed by atoms with E-state index in [0.717, 1.165) is 0 Å². The zero-order valence-corrected chi connectivity index (χ0v) is 17.6. The number of nitrogens with zero attached hydrogens (tertiary/aromatic N) is 1. The van der Waals surface area contributed by atoms with E-state index in [1.165, 1.54) is 13.3 Å². The van der Waals surface area contributed by atoms with Crippen molar-refractivity contribution >= 4 is 41.3 Å². The van der Waals surface area contributed by atoms with Gasteiger partial charge in [-0.05, 0) is 54.1 Å². The molecule has 8 nitrogen and oxygen atoms in total. The highest BCUT2D eigenvalue weighted by Gasteiger charge is 2.15. The van der Waals surface area contributed by atoms with Gasteiger partial charge in [0.1, 0.15) is 11.5 Å². The van der Waals surface area contributed by atoms with Crippen molar-refractivity contribution < 1.29 is 23.9 Å². The molecule has 162 valence electrons. The monoisotopic (exact) mass is 451 g/mol. The number of anilines is 1. The summed E-state index contributed by atoms with van der Waals surface area (Å²) in [4.78, 5) is 36.1. The van der Waals surface area contributed by atoms with E-state index in [1.807, 2.05) is 0 Å². The van der Waals surface area contributed by atoms with Crippen LogP contribution in [0.4, 0.5) is 5.69 Å². The molecule has 2 N–H and O–H groups in total. The van der Waals surface area contributed by atoms with Crippen LogP contribution in [-0.4, -0.2) is 31.1 Å². The lowest BCUT2D eigenvalue weighted by Gasteiger charge is -2.08. The Hall–Kier alpha value is -4.17. The normalized spacial score (nSPS) is 10.4. The van der Waals surface area contributed by atoms with E-state index >= 15 is 0 Å². The topological polar surface area (TPSA) is 106 Å². The Kier molecular flexibility index (Phi) is 7.55. The number of carbonyl (C=O) groups excluding carboxylic acids is 3. The van der Waals surface area contributed by atoms with E-state index in [2.05, 4.69) is 15.8 Å². The minimum Gasteiger partial charge on any atom is -0.495 e. The molecule has 0 spiro atoms. The van der Waals surface area contributed by atoms with E-state index in [-0.39, 0.29) is 5.56 Å². The largest absolute Gasteiger partial charge is 0.495 e. The lowest BCUT2D eigenvalue weighted by atomic mass is 10.2. The number of methoxy groups -OCH3 is 1. The highest BCUT2D eigenvalue weighted by Crippen LogP contribution is 2.22. The first kappa shape index (κ1) is 22.5. The molecule has 0 unspecified atom stereocenters. The Morgan fingerprint density at radius 3 is 2.31 bits per heavy atom. The molecule has 0 aliphatic heterocycles. The van der Waals surface area contributed by atoms with Crippen LogP contribution in [0.3, 0.4) is 0 Å². The van der Waals surface area contributed by atoms with E-state index < -0.39 is 17.8 Å². The number of hydrogen-bond acceptors (Lipinski definition) is 6. The number of carbonyl (C=O) groups is 3. The number of rotatable bonds is 6. The average Bonchev–Trinajstić information content (AvgIpc) is 2.80. The quantitative estimate of drug-likeness (QED) is 0.195. The Morgan fingerprint density at radius 1 is 0.906 bits per heavy atom. The smallest absolute Gasteiger partial charge is 0.345 e. The van der Waals surface area contributed by atoms with Gasteiger partial charge >= 0.3 is 17.8 Å². The molecule has 0 heterocycles. The first-order valence-corrected chi connectivity index (χ1v) is 9.70. The summed E-state index contributed by atoms with van der Waals surface area (Å²) in [5.74, 6) is -1.68. The molecule has 0 aliphatic carbocycles. The van der Waals surface area contributed by atoms with Gasteiger partial charge in [-0.3, -0.25) is 9.59 Å². The number of benzene rings is 3. The van der Waals surface area contributed by atoms with Crippen LogP contribution in [0.5, 0.6) is 11.5 Å². The van der Waals surface area contributed by atoms with Crippen molar-refractivity contribution in [2.24, 2.45) is 5.10 Å². The third-order valence-electron chi connectivity index (χ3n) is 4.13. The molecule has 2 amide bonds. The number of ether oxygens (including phenoxy) is 2. The number of nitrogens with one attached hydrogen (secondary N) is 2. The summed E-state index contributed by atoms with van der Waals surface area (Å²) < 4.78 is 10.4. The van der Waals surface area contributed by atoms with Crippen LogP contribution >= 0.6 is 11.6 Å². The van der Waals surface area contributed by atoms with Crippen molar-refractivity contribution in [3.05, 3.63) is 88.9 Å². The first-order chi connectivity index (χ1) is 15.5. The van der Waals surface area contributed by atoms with E-state index in [0.29, 0.717) is 27.8 Å². The molecule has 0 fully saturated rings. The number of hydrazone groups is 1. The Morgan fingerprint density at radius 2 is 1.59 bits per heavy atom. The molecule has 0 radical (unpaired) electrons. The third kappa shape index (κ3) is 5.93. The Balaban J connectivity index is 1.53. The van der Waals surface area contributed by atoms with Gasteiger partial charge in [0.2, 0.25) is 0 Å². The highest BCUT2D eigenvalue weighted by molar-refractivity contribution is 6.39. The predicted molar refractivity (Wildman–Crippen MR) is 120 cm³/mol. The van der Waals surface area contributed by atoms with Crippen molar-refractivity contribution in [1.29, 1.82) is 0 Å². The van der Waals surface area contributed by atoms with Crippen LogP contribution in [0.25, 0.3) is 0 Å². The molecule has 3 rings (SSSR count). The minimum atomic E-state index is -0.947. The summed E-state index contributed by atoms with van der Waals surface area (Å²) in [6.45, 7) is 0. The summed E-state index contributed by atoms with van der Waals surface area (Å²) in [5.41, 5.74) is 3.37. The molecule has 0 saturated heterocycles. The maximum absolute atomic E-state index is 12.2. The molecule has 3 aromatic carbocycles. The van der Waals surface area contributed by atoms with Gasteiger partial charge in [0.15, 0.2) is 0 Å². The van der Waals surface area contributed by atoms with Crippen molar-refractivity contribution in [2.45, 2.75) is 0 Å². The van der Waals surface area contributed by atoms with E-state index in [9.17, 15) is 14.4 Å². The number of halogens is 1. The minimum absolute atomic E-state index is 0.258. The number of esters is 1. The Labute approximate surface area is 188 Å². The zero-order valence-electron chi connectivity index (χ0n) is 16.9. The van der Waals surface area contributed by atoms with Gasteiger partial charge in [-0.1, -0.05) is 35.9 Å². The van der Waals surface area contributed by atoms with Gasteiger partial charge in [-0.25, -0.2) is 10.2 Å². The van der Waals surface area contributed by atoms with E-state index in [1.54, 1.807) is 72.8 Å². The molecule has 0 atom stereocenters. The van der Waals surface area contributed by atoms with Crippen molar-refractivity contribution in [3.63, 3.8) is 0 Å². The highest BCUT2D eigenvalue weighted by atomic mass is 35.5. The molecular formula is C23H18ClN3O5. The van der Waals surface area contributed by atoms with Gasteiger partial charge in [-0.2, -0.15) is 5.10 Å². The maximum Gasteiger partial charge on any atom is 0.345 e. The summed E-state index contributed by atoms with van der Waals surface area (Å²) in [6.07, 6.45) is 1.34. The summed E-state index contributed by atoms with van der Waals surface area (Å²) in [5, 5.41) is 6.50. The van der Waals surface area contributed by atoms with Crippen LogP contribution in [-0.2, 0) is 9.59 Å². The van der Waals surface area contributed by atoms with Crippen molar-refractivity contribution in [2.75, 3.05) is 12.4 Å². The maximum atomic E-state index is 12.2. The second kappa shape index (κ2) is 10.7. The predicted octanol–water partition coefficient (Wildman–Crippen LogP) is 3.66. The van der Waals surface area contributed by atoms with Crippen LogP contribution in [0, 0.1) is 0 Å². The molecular weight excluding hydrogens is 434 g/mol. The van der Waals surface area contributed by atoms with Crippen molar-refractivity contribution in [3.8, 4) is 11.5 Å². The third-order valence-corrected chi connectivity index (χ3v) is 4.46. The van der Waals surface area contributed by atoms with Gasteiger partial charge < -0.3 is 14.8 Å². The molecule has 0 bridgehead atoms. The van der Waals surface area contributed by atoms with E-state index in [4.69, 9.17) is 21.1 Å². The van der Waals surface area contributed by atoms with Gasteiger partial charge in [-0.15, -0.1) is 0 Å². The second-order valence-corrected chi connectivity index (χ2v) is 6.70. The average molecular weight is 452 g/mol. The van der Waals surface area contributed by atoms with Crippen LogP contribution in [0.1, 0.15) is 15.9 Å². The lowest BCUT2D eigenvalue weighted by Crippen LogP contribution is -2.32. The van der Waals surface area contributed by atoms with Crippen LogP contribution in [0.15, 0.2) is 77.9 Å². The fraction of sp³-hybridized carbons (Fsp3) is 0.0435. The fourth-order valence-electron chi connectivity index (χ4n) is 2.55. The zero-order chi connectivity index (χ0) is 22.9. The molecule has 9 heteroatoms. The molecule has 0 aromatic heterocycles. The number of hydrogen-bond donors (Lipinski definition) is 2. The van der Waals surface area contributed by atoms with Gasteiger partial charge in [0.25, 0.3) is 0 Å². The number of para-hydroxylation sites is 2. The SMILES string of the molecule is COc1ccccc1NC(=O)C(=O)NN=Cc1ccc(OC(=O)c2ccccc2Cl)cc1. The number of amides is 2. The molecule has 32 heavy (non-hydrogen) atoms. The summed E-state index contributed by atoms with van der Waals surface area (Å²) in [6, 6.07) is 19.6.